The van der Waals surface area contributed by atoms with Crippen molar-refractivity contribution in [2.75, 3.05) is 6.54 Å². The fourth-order valence-electron chi connectivity index (χ4n) is 2.46. The Labute approximate surface area is 112 Å². The van der Waals surface area contributed by atoms with Crippen molar-refractivity contribution in [1.29, 1.82) is 0 Å². The van der Waals surface area contributed by atoms with Gasteiger partial charge >= 0.3 is 5.97 Å². The molecule has 2 atom stereocenters. The zero-order valence-electron chi connectivity index (χ0n) is 11.1. The van der Waals surface area contributed by atoms with E-state index in [4.69, 9.17) is 5.11 Å². The highest BCUT2D eigenvalue weighted by atomic mass is 32.1. The molecule has 100 valence electrons. The molecule has 18 heavy (non-hydrogen) atoms. The monoisotopic (exact) mass is 268 g/mol. The van der Waals surface area contributed by atoms with Crippen LogP contribution in [0.25, 0.3) is 0 Å². The fraction of sp³-hybridized carbons (Fsp3) is 0.692. The first-order chi connectivity index (χ1) is 8.47. The number of rotatable bonds is 3. The molecule has 1 aromatic rings. The van der Waals surface area contributed by atoms with Crippen LogP contribution < -0.4 is 0 Å². The molecule has 0 saturated carbocycles. The largest absolute Gasteiger partial charge is 0.481 e. The molecular weight excluding hydrogens is 248 g/mol. The molecule has 2 unspecified atom stereocenters. The third-order valence-electron chi connectivity index (χ3n) is 3.77. The van der Waals surface area contributed by atoms with Gasteiger partial charge < -0.3 is 5.11 Å². The predicted octanol–water partition coefficient (Wildman–Crippen LogP) is 2.45. The average Bonchev–Trinajstić information content (AvgIpc) is 2.61. The number of carbonyl (C=O) groups is 1. The van der Waals surface area contributed by atoms with Crippen molar-refractivity contribution < 1.29 is 9.90 Å². The van der Waals surface area contributed by atoms with E-state index in [0.29, 0.717) is 6.04 Å². The first kappa shape index (κ1) is 13.5. The van der Waals surface area contributed by atoms with Gasteiger partial charge in [0, 0.05) is 10.9 Å². The van der Waals surface area contributed by atoms with Crippen molar-refractivity contribution in [3.8, 4) is 0 Å². The minimum atomic E-state index is -0.651. The number of likely N-dealkylation sites (tertiary alicyclic amines) is 1. The molecule has 1 fully saturated rings. The number of aromatic nitrogens is 1. The molecule has 1 saturated heterocycles. The number of aliphatic carboxylic acids is 1. The molecule has 0 radical (unpaired) electrons. The fourth-order valence-corrected chi connectivity index (χ4v) is 3.42. The third kappa shape index (κ3) is 2.90. The zero-order valence-corrected chi connectivity index (χ0v) is 12.0. The van der Waals surface area contributed by atoms with E-state index in [2.05, 4.69) is 23.7 Å². The summed E-state index contributed by atoms with van der Waals surface area (Å²) in [7, 11) is 0. The number of carboxylic acids is 1. The summed E-state index contributed by atoms with van der Waals surface area (Å²) in [6.07, 6.45) is 1.50. The van der Waals surface area contributed by atoms with Gasteiger partial charge in [0.15, 0.2) is 0 Å². The summed E-state index contributed by atoms with van der Waals surface area (Å²) in [5, 5.41) is 10.2. The van der Waals surface area contributed by atoms with Crippen LogP contribution in [0.15, 0.2) is 0 Å². The Morgan fingerprint density at radius 3 is 2.78 bits per heavy atom. The zero-order chi connectivity index (χ0) is 13.3. The lowest BCUT2D eigenvalue weighted by Crippen LogP contribution is -2.42. The molecule has 0 aliphatic carbocycles. The molecule has 2 rings (SSSR count). The van der Waals surface area contributed by atoms with E-state index in [-0.39, 0.29) is 5.92 Å². The maximum atomic E-state index is 11.0. The van der Waals surface area contributed by atoms with E-state index in [1.54, 1.807) is 11.3 Å². The number of aryl methyl sites for hydroxylation is 2. The first-order valence-electron chi connectivity index (χ1n) is 6.37. The summed E-state index contributed by atoms with van der Waals surface area (Å²) < 4.78 is 0. The topological polar surface area (TPSA) is 53.4 Å². The van der Waals surface area contributed by atoms with Gasteiger partial charge in [0.2, 0.25) is 0 Å². The molecule has 1 aliphatic heterocycles. The Morgan fingerprint density at radius 1 is 1.56 bits per heavy atom. The maximum absolute atomic E-state index is 11.0. The molecule has 1 N–H and O–H groups in total. The van der Waals surface area contributed by atoms with Crippen LogP contribution in [0, 0.1) is 19.8 Å². The van der Waals surface area contributed by atoms with E-state index in [9.17, 15) is 4.79 Å². The lowest BCUT2D eigenvalue weighted by Gasteiger charge is -2.35. The summed E-state index contributed by atoms with van der Waals surface area (Å²) in [5.41, 5.74) is 1.11. The summed E-state index contributed by atoms with van der Waals surface area (Å²) in [6, 6.07) is 0.323. The number of hydrogen-bond donors (Lipinski definition) is 1. The van der Waals surface area contributed by atoms with Gasteiger partial charge in [-0.3, -0.25) is 9.69 Å². The van der Waals surface area contributed by atoms with Crippen molar-refractivity contribution in [1.82, 2.24) is 9.88 Å². The Hall–Kier alpha value is -0.940. The van der Waals surface area contributed by atoms with Gasteiger partial charge in [-0.15, -0.1) is 11.3 Å². The molecule has 4 nitrogen and oxygen atoms in total. The molecule has 0 aromatic carbocycles. The van der Waals surface area contributed by atoms with Crippen LogP contribution in [-0.4, -0.2) is 33.5 Å². The second-order valence-corrected chi connectivity index (χ2v) is 6.42. The Kier molecular flexibility index (Phi) is 4.02. The highest BCUT2D eigenvalue weighted by molar-refractivity contribution is 7.11. The van der Waals surface area contributed by atoms with Crippen LogP contribution in [0.4, 0.5) is 0 Å². The number of hydrogen-bond acceptors (Lipinski definition) is 4. The van der Waals surface area contributed by atoms with E-state index in [1.807, 2.05) is 6.92 Å². The van der Waals surface area contributed by atoms with Crippen molar-refractivity contribution in [2.24, 2.45) is 5.92 Å². The second-order valence-electron chi connectivity index (χ2n) is 5.13. The van der Waals surface area contributed by atoms with Crippen LogP contribution in [0.1, 0.15) is 35.3 Å². The molecule has 5 heteroatoms. The van der Waals surface area contributed by atoms with E-state index < -0.39 is 5.97 Å². The molecule has 0 bridgehead atoms. The lowest BCUT2D eigenvalue weighted by atomic mass is 9.92. The SMILES string of the molecule is Cc1nc(CN2CCC(C(=O)O)CC2C)sc1C. The highest BCUT2D eigenvalue weighted by Gasteiger charge is 2.29. The summed E-state index contributed by atoms with van der Waals surface area (Å²) in [4.78, 5) is 19.2. The van der Waals surface area contributed by atoms with Crippen LogP contribution in [-0.2, 0) is 11.3 Å². The van der Waals surface area contributed by atoms with Crippen LogP contribution >= 0.6 is 11.3 Å². The molecule has 1 aromatic heterocycles. The quantitative estimate of drug-likeness (QED) is 0.915. The number of thiazole rings is 1. The summed E-state index contributed by atoms with van der Waals surface area (Å²) in [5.74, 6) is -0.821. The lowest BCUT2D eigenvalue weighted by molar-refractivity contribution is -0.144. The second kappa shape index (κ2) is 5.36. The maximum Gasteiger partial charge on any atom is 0.306 e. The van der Waals surface area contributed by atoms with Crippen molar-refractivity contribution in [3.05, 3.63) is 15.6 Å². The first-order valence-corrected chi connectivity index (χ1v) is 7.18. The van der Waals surface area contributed by atoms with Gasteiger partial charge in [0.05, 0.1) is 18.2 Å². The smallest absolute Gasteiger partial charge is 0.306 e. The molecule has 2 heterocycles. The van der Waals surface area contributed by atoms with Gasteiger partial charge in [-0.25, -0.2) is 4.98 Å². The minimum Gasteiger partial charge on any atom is -0.481 e. The van der Waals surface area contributed by atoms with Gasteiger partial charge in [-0.2, -0.15) is 0 Å². The molecular formula is C13H20N2O2S. The predicted molar refractivity (Wildman–Crippen MR) is 71.8 cm³/mol. The molecule has 1 aliphatic rings. The van der Waals surface area contributed by atoms with Crippen molar-refractivity contribution >= 4 is 17.3 Å². The van der Waals surface area contributed by atoms with Gasteiger partial charge in [-0.1, -0.05) is 0 Å². The van der Waals surface area contributed by atoms with Crippen molar-refractivity contribution in [2.45, 2.75) is 46.2 Å². The van der Waals surface area contributed by atoms with Crippen LogP contribution in [0.5, 0.6) is 0 Å². The summed E-state index contributed by atoms with van der Waals surface area (Å²) >= 11 is 1.75. The highest BCUT2D eigenvalue weighted by Crippen LogP contribution is 2.26. The Morgan fingerprint density at radius 2 is 2.28 bits per heavy atom. The molecule has 0 amide bonds. The summed E-state index contributed by atoms with van der Waals surface area (Å²) in [6.45, 7) is 7.96. The standard InChI is InChI=1S/C13H20N2O2S/c1-8-6-11(13(16)17)4-5-15(8)7-12-14-9(2)10(3)18-12/h8,11H,4-7H2,1-3H3,(H,16,17). The van der Waals surface area contributed by atoms with Gasteiger partial charge in [-0.05, 0) is 40.2 Å². The third-order valence-corrected chi connectivity index (χ3v) is 4.83. The van der Waals surface area contributed by atoms with E-state index in [0.717, 1.165) is 36.6 Å². The normalized spacial score (nSPS) is 25.3. The van der Waals surface area contributed by atoms with E-state index >= 15 is 0 Å². The minimum absolute atomic E-state index is 0.170. The number of piperidine rings is 1. The number of nitrogens with zero attached hydrogens (tertiary/aromatic N) is 2. The van der Waals surface area contributed by atoms with Crippen LogP contribution in [0.3, 0.4) is 0 Å². The van der Waals surface area contributed by atoms with Crippen molar-refractivity contribution in [3.63, 3.8) is 0 Å². The number of carboxylic acid groups (broad SMARTS) is 1. The Bertz CT molecular complexity index is 425. The molecule has 0 spiro atoms. The van der Waals surface area contributed by atoms with Crippen LogP contribution in [0.2, 0.25) is 0 Å². The van der Waals surface area contributed by atoms with Gasteiger partial charge in [0.25, 0.3) is 0 Å². The Balaban J connectivity index is 1.97. The van der Waals surface area contributed by atoms with Gasteiger partial charge in [0.1, 0.15) is 5.01 Å². The average molecular weight is 268 g/mol. The van der Waals surface area contributed by atoms with E-state index in [1.165, 1.54) is 4.88 Å².